The molecular formula is C28H29ClN4O5. The van der Waals surface area contributed by atoms with Crippen LogP contribution in [-0.2, 0) is 14.4 Å². The molecule has 3 aromatic carbocycles. The van der Waals surface area contributed by atoms with Gasteiger partial charge in [0.25, 0.3) is 5.91 Å². The normalized spacial score (nSPS) is 10.7. The Morgan fingerprint density at radius 1 is 0.816 bits per heavy atom. The molecule has 0 radical (unpaired) electrons. The van der Waals surface area contributed by atoms with Gasteiger partial charge >= 0.3 is 11.8 Å². The van der Waals surface area contributed by atoms with Gasteiger partial charge in [0.2, 0.25) is 0 Å². The molecule has 198 valence electrons. The van der Waals surface area contributed by atoms with Crippen molar-refractivity contribution in [2.45, 2.75) is 27.7 Å². The number of halogens is 1. The predicted molar refractivity (Wildman–Crippen MR) is 148 cm³/mol. The molecule has 0 aliphatic rings. The molecular weight excluding hydrogens is 508 g/mol. The highest BCUT2D eigenvalue weighted by Gasteiger charge is 2.14. The van der Waals surface area contributed by atoms with E-state index in [2.05, 4.69) is 21.2 Å². The number of hydrogen-bond donors (Lipinski definition) is 3. The predicted octanol–water partition coefficient (Wildman–Crippen LogP) is 4.77. The van der Waals surface area contributed by atoms with Gasteiger partial charge in [-0.2, -0.15) is 5.10 Å². The number of rotatable bonds is 9. The van der Waals surface area contributed by atoms with E-state index in [1.165, 1.54) is 6.21 Å². The van der Waals surface area contributed by atoms with Crippen LogP contribution in [0.2, 0.25) is 5.02 Å². The summed E-state index contributed by atoms with van der Waals surface area (Å²) >= 11 is 6.04. The van der Waals surface area contributed by atoms with Gasteiger partial charge in [-0.1, -0.05) is 23.7 Å². The van der Waals surface area contributed by atoms with Crippen LogP contribution in [0, 0.1) is 20.8 Å². The van der Waals surface area contributed by atoms with Crippen LogP contribution < -0.4 is 25.5 Å². The zero-order valence-corrected chi connectivity index (χ0v) is 22.3. The van der Waals surface area contributed by atoms with Gasteiger partial charge in [0.15, 0.2) is 18.1 Å². The molecule has 0 aliphatic heterocycles. The first-order valence-corrected chi connectivity index (χ1v) is 12.2. The Morgan fingerprint density at radius 2 is 1.53 bits per heavy atom. The number of benzene rings is 3. The van der Waals surface area contributed by atoms with Gasteiger partial charge in [0.1, 0.15) is 0 Å². The van der Waals surface area contributed by atoms with Crippen molar-refractivity contribution in [3.05, 3.63) is 81.9 Å². The second-order valence-corrected chi connectivity index (χ2v) is 8.80. The first-order chi connectivity index (χ1) is 18.2. The van der Waals surface area contributed by atoms with E-state index < -0.39 is 11.8 Å². The van der Waals surface area contributed by atoms with Crippen molar-refractivity contribution in [2.24, 2.45) is 5.10 Å². The van der Waals surface area contributed by atoms with Crippen molar-refractivity contribution >= 4 is 46.9 Å². The van der Waals surface area contributed by atoms with E-state index in [0.717, 1.165) is 16.7 Å². The number of carbonyl (C=O) groups excluding carboxylic acids is 3. The van der Waals surface area contributed by atoms with Gasteiger partial charge in [-0.25, -0.2) is 5.43 Å². The Labute approximate surface area is 226 Å². The van der Waals surface area contributed by atoms with Crippen LogP contribution in [0.25, 0.3) is 0 Å². The first kappa shape index (κ1) is 28.2. The average molecular weight is 537 g/mol. The van der Waals surface area contributed by atoms with Crippen molar-refractivity contribution in [1.82, 2.24) is 5.43 Å². The molecule has 10 heteroatoms. The standard InChI is InChI=1S/C28H29ClN4O5/c1-5-37-25-13-20(15-30-33-28(36)27(35)32-22-10-7-18(3)23(29)14-22)8-11-24(25)38-16-26(34)31-21-9-6-17(2)19(4)12-21/h6-15H,5,16H2,1-4H3,(H,31,34)(H,32,35)(H,33,36). The lowest BCUT2D eigenvalue weighted by atomic mass is 10.1. The minimum Gasteiger partial charge on any atom is -0.490 e. The summed E-state index contributed by atoms with van der Waals surface area (Å²) in [6.07, 6.45) is 1.35. The highest BCUT2D eigenvalue weighted by atomic mass is 35.5. The van der Waals surface area contributed by atoms with E-state index in [0.29, 0.717) is 40.1 Å². The monoisotopic (exact) mass is 536 g/mol. The van der Waals surface area contributed by atoms with E-state index >= 15 is 0 Å². The zero-order chi connectivity index (χ0) is 27.7. The van der Waals surface area contributed by atoms with Gasteiger partial charge in [-0.15, -0.1) is 0 Å². The zero-order valence-electron chi connectivity index (χ0n) is 21.6. The smallest absolute Gasteiger partial charge is 0.329 e. The lowest BCUT2D eigenvalue weighted by molar-refractivity contribution is -0.136. The fourth-order valence-electron chi connectivity index (χ4n) is 3.23. The third-order valence-electron chi connectivity index (χ3n) is 5.43. The van der Waals surface area contributed by atoms with E-state index in [9.17, 15) is 14.4 Å². The van der Waals surface area contributed by atoms with Gasteiger partial charge in [0.05, 0.1) is 12.8 Å². The highest BCUT2D eigenvalue weighted by Crippen LogP contribution is 2.28. The van der Waals surface area contributed by atoms with Gasteiger partial charge in [0, 0.05) is 16.4 Å². The SMILES string of the molecule is CCOc1cc(C=NNC(=O)C(=O)Nc2ccc(C)c(Cl)c2)ccc1OCC(=O)Nc1ccc(C)c(C)c1. The van der Waals surface area contributed by atoms with E-state index in [4.69, 9.17) is 21.1 Å². The van der Waals surface area contributed by atoms with Crippen LogP contribution >= 0.6 is 11.6 Å². The summed E-state index contributed by atoms with van der Waals surface area (Å²) in [6, 6.07) is 15.5. The number of carbonyl (C=O) groups is 3. The lowest BCUT2D eigenvalue weighted by Crippen LogP contribution is -2.32. The van der Waals surface area contributed by atoms with Crippen molar-refractivity contribution in [2.75, 3.05) is 23.8 Å². The van der Waals surface area contributed by atoms with Gasteiger partial charge in [-0.05, 0) is 92.4 Å². The van der Waals surface area contributed by atoms with Crippen LogP contribution in [-0.4, -0.2) is 37.1 Å². The molecule has 0 unspecified atom stereocenters. The number of hydrogen-bond acceptors (Lipinski definition) is 6. The summed E-state index contributed by atoms with van der Waals surface area (Å²) < 4.78 is 11.3. The maximum atomic E-state index is 12.3. The molecule has 9 nitrogen and oxygen atoms in total. The van der Waals surface area contributed by atoms with Crippen LogP contribution in [0.15, 0.2) is 59.7 Å². The van der Waals surface area contributed by atoms with Crippen LogP contribution in [0.5, 0.6) is 11.5 Å². The summed E-state index contributed by atoms with van der Waals surface area (Å²) in [7, 11) is 0. The molecule has 3 amide bonds. The van der Waals surface area contributed by atoms with Crippen molar-refractivity contribution in [1.29, 1.82) is 0 Å². The largest absolute Gasteiger partial charge is 0.490 e. The van der Waals surface area contributed by atoms with Crippen LogP contribution in [0.4, 0.5) is 11.4 Å². The summed E-state index contributed by atoms with van der Waals surface area (Å²) in [4.78, 5) is 36.5. The summed E-state index contributed by atoms with van der Waals surface area (Å²) in [5.74, 6) is -1.37. The molecule has 0 heterocycles. The molecule has 0 spiro atoms. The van der Waals surface area contributed by atoms with Gasteiger partial charge < -0.3 is 20.1 Å². The maximum absolute atomic E-state index is 12.3. The molecule has 3 rings (SSSR count). The van der Waals surface area contributed by atoms with Crippen LogP contribution in [0.1, 0.15) is 29.2 Å². The third-order valence-corrected chi connectivity index (χ3v) is 5.84. The number of amides is 3. The number of ether oxygens (including phenoxy) is 2. The summed E-state index contributed by atoms with van der Waals surface area (Å²) in [6.45, 7) is 7.78. The number of hydrazone groups is 1. The molecule has 0 aliphatic carbocycles. The molecule has 0 saturated heterocycles. The summed E-state index contributed by atoms with van der Waals surface area (Å²) in [5.41, 5.74) is 6.90. The van der Waals surface area contributed by atoms with Crippen molar-refractivity contribution in [3.63, 3.8) is 0 Å². The average Bonchev–Trinajstić information content (AvgIpc) is 2.88. The molecule has 0 saturated carbocycles. The third kappa shape index (κ3) is 8.07. The minimum absolute atomic E-state index is 0.211. The van der Waals surface area contributed by atoms with Crippen LogP contribution in [0.3, 0.4) is 0 Å². The minimum atomic E-state index is -0.947. The molecule has 0 aromatic heterocycles. The second kappa shape index (κ2) is 13.3. The van der Waals surface area contributed by atoms with E-state index in [-0.39, 0.29) is 12.5 Å². The molecule has 0 atom stereocenters. The molecule has 0 bridgehead atoms. The number of anilines is 2. The van der Waals surface area contributed by atoms with Crippen molar-refractivity contribution in [3.8, 4) is 11.5 Å². The number of nitrogens with one attached hydrogen (secondary N) is 3. The maximum Gasteiger partial charge on any atom is 0.329 e. The molecule has 38 heavy (non-hydrogen) atoms. The number of nitrogens with zero attached hydrogens (tertiary/aromatic N) is 1. The number of aryl methyl sites for hydroxylation is 3. The van der Waals surface area contributed by atoms with Crippen molar-refractivity contribution < 1.29 is 23.9 Å². The Kier molecular flexibility index (Phi) is 9.84. The Hall–Kier alpha value is -4.37. The van der Waals surface area contributed by atoms with Gasteiger partial charge in [-0.3, -0.25) is 14.4 Å². The summed E-state index contributed by atoms with van der Waals surface area (Å²) in [5, 5.41) is 9.56. The molecule has 3 N–H and O–H groups in total. The lowest BCUT2D eigenvalue weighted by Gasteiger charge is -2.13. The molecule has 3 aromatic rings. The second-order valence-electron chi connectivity index (χ2n) is 8.39. The van der Waals surface area contributed by atoms with E-state index in [1.807, 2.05) is 45.9 Å². The highest BCUT2D eigenvalue weighted by molar-refractivity contribution is 6.39. The topological polar surface area (TPSA) is 118 Å². The fourth-order valence-corrected chi connectivity index (χ4v) is 3.41. The fraction of sp³-hybridized carbons (Fsp3) is 0.214. The Balaban J connectivity index is 1.56. The first-order valence-electron chi connectivity index (χ1n) is 11.8. The Morgan fingerprint density at radius 3 is 2.21 bits per heavy atom. The Bertz CT molecular complexity index is 1370. The molecule has 0 fully saturated rings. The van der Waals surface area contributed by atoms with E-state index in [1.54, 1.807) is 36.4 Å². The quantitative estimate of drug-likeness (QED) is 0.207.